The molecule has 0 aliphatic rings. The van der Waals surface area contributed by atoms with Crippen molar-refractivity contribution in [3.8, 4) is 0 Å². The molecule has 3 N–H and O–H groups in total. The third-order valence-electron chi connectivity index (χ3n) is 1.33. The lowest BCUT2D eigenvalue weighted by Crippen LogP contribution is -2.35. The van der Waals surface area contributed by atoms with Crippen molar-refractivity contribution in [1.82, 2.24) is 5.09 Å². The Morgan fingerprint density at radius 1 is 1.50 bits per heavy atom. The fourth-order valence-electron chi connectivity index (χ4n) is 0.819. The molecular weight excluding hydrogens is 207 g/mol. The van der Waals surface area contributed by atoms with Crippen LogP contribution in [0.4, 0.5) is 0 Å². The highest BCUT2D eigenvalue weighted by Gasteiger charge is 2.24. The fraction of sp³-hybridized carbons (Fsp3) is 0.857. The molecule has 0 radical (unpaired) electrons. The van der Waals surface area contributed by atoms with Gasteiger partial charge in [-0.05, 0) is 20.8 Å². The number of esters is 1. The van der Waals surface area contributed by atoms with Gasteiger partial charge in [-0.1, -0.05) is 0 Å². The van der Waals surface area contributed by atoms with Gasteiger partial charge in [0.1, 0.15) is 6.04 Å². The molecule has 0 fully saturated rings. The van der Waals surface area contributed by atoms with Crippen LogP contribution in [0, 0.1) is 0 Å². The molecule has 1 unspecified atom stereocenters. The lowest BCUT2D eigenvalue weighted by atomic mass is 10.4. The van der Waals surface area contributed by atoms with Gasteiger partial charge in [0, 0.05) is 0 Å². The first kappa shape index (κ1) is 13.6. The van der Waals surface area contributed by atoms with Gasteiger partial charge in [-0.25, -0.2) is 10.6 Å². The average Bonchev–Trinajstić information content (AvgIpc) is 2.03. The normalized spacial score (nSPS) is 17.1. The van der Waals surface area contributed by atoms with Crippen LogP contribution in [0.5, 0.6) is 0 Å². The van der Waals surface area contributed by atoms with Gasteiger partial charge in [0.05, 0.1) is 13.2 Å². The molecule has 84 valence electrons. The molecule has 0 saturated heterocycles. The first-order chi connectivity index (χ1) is 6.43. The number of hydrogen-bond donors (Lipinski definition) is 2. The Labute approximate surface area is 83.7 Å². The van der Waals surface area contributed by atoms with E-state index in [4.69, 9.17) is 14.8 Å². The minimum atomic E-state index is -3.38. The zero-order valence-electron chi connectivity index (χ0n) is 8.65. The van der Waals surface area contributed by atoms with Crippen molar-refractivity contribution in [2.75, 3.05) is 13.2 Å². The highest BCUT2D eigenvalue weighted by Crippen LogP contribution is 2.32. The van der Waals surface area contributed by atoms with Crippen LogP contribution in [-0.2, 0) is 18.6 Å². The molecule has 0 bridgehead atoms. The Morgan fingerprint density at radius 3 is 2.50 bits per heavy atom. The van der Waals surface area contributed by atoms with E-state index < -0.39 is 19.7 Å². The number of nitrogens with one attached hydrogen (secondary N) is 1. The molecule has 6 nitrogen and oxygen atoms in total. The molecule has 0 amide bonds. The summed E-state index contributed by atoms with van der Waals surface area (Å²) in [6, 6.07) is -0.739. The third-order valence-corrected chi connectivity index (χ3v) is 2.72. The van der Waals surface area contributed by atoms with Gasteiger partial charge in [-0.2, -0.15) is 0 Å². The lowest BCUT2D eigenvalue weighted by Gasteiger charge is -2.17. The number of ether oxygens (including phenoxy) is 1. The molecule has 0 aromatic carbocycles. The van der Waals surface area contributed by atoms with Gasteiger partial charge in [-0.15, -0.1) is 0 Å². The second-order valence-corrected chi connectivity index (χ2v) is 4.33. The van der Waals surface area contributed by atoms with Crippen LogP contribution < -0.4 is 10.6 Å². The summed E-state index contributed by atoms with van der Waals surface area (Å²) >= 11 is 0. The number of rotatable bonds is 6. The van der Waals surface area contributed by atoms with Gasteiger partial charge >= 0.3 is 13.6 Å². The van der Waals surface area contributed by atoms with Gasteiger partial charge in [0.2, 0.25) is 0 Å². The monoisotopic (exact) mass is 224 g/mol. The zero-order valence-corrected chi connectivity index (χ0v) is 9.54. The molecule has 0 aromatic heterocycles. The minimum absolute atomic E-state index is 0.219. The smallest absolute Gasteiger partial charge is 0.338 e. The summed E-state index contributed by atoms with van der Waals surface area (Å²) in [4.78, 5) is 11.1. The van der Waals surface area contributed by atoms with Gasteiger partial charge < -0.3 is 9.26 Å². The minimum Gasteiger partial charge on any atom is -0.465 e. The topological polar surface area (TPSA) is 90.6 Å². The van der Waals surface area contributed by atoms with Crippen LogP contribution >= 0.6 is 7.67 Å². The van der Waals surface area contributed by atoms with Crippen LogP contribution in [0.25, 0.3) is 0 Å². The van der Waals surface area contributed by atoms with Gasteiger partial charge in [0.25, 0.3) is 0 Å². The summed E-state index contributed by atoms with van der Waals surface area (Å²) in [5.74, 6) is -0.502. The second-order valence-electron chi connectivity index (χ2n) is 2.62. The molecular formula is C7H17N2O4P. The number of nitrogens with two attached hydrogens (primary N) is 1. The van der Waals surface area contributed by atoms with E-state index in [2.05, 4.69) is 5.09 Å². The van der Waals surface area contributed by atoms with Crippen LogP contribution in [0.15, 0.2) is 0 Å². The summed E-state index contributed by atoms with van der Waals surface area (Å²) in [5, 5.41) is 2.38. The first-order valence-electron chi connectivity index (χ1n) is 4.40. The van der Waals surface area contributed by atoms with Gasteiger partial charge in [0.15, 0.2) is 0 Å². The summed E-state index contributed by atoms with van der Waals surface area (Å²) in [5.41, 5.74) is 5.28. The van der Waals surface area contributed by atoms with Crippen LogP contribution in [0.3, 0.4) is 0 Å². The predicted octanol–water partition coefficient (Wildman–Crippen LogP) is 0.631. The summed E-state index contributed by atoms with van der Waals surface area (Å²) in [6.07, 6.45) is 0. The molecule has 0 rings (SSSR count). The first-order valence-corrected chi connectivity index (χ1v) is 6.10. The number of carbonyl (C=O) groups is 1. The van der Waals surface area contributed by atoms with Crippen molar-refractivity contribution in [2.24, 2.45) is 5.50 Å². The van der Waals surface area contributed by atoms with Crippen molar-refractivity contribution in [3.63, 3.8) is 0 Å². The largest absolute Gasteiger partial charge is 0.465 e. The maximum atomic E-state index is 11.4. The Kier molecular flexibility index (Phi) is 5.95. The quantitative estimate of drug-likeness (QED) is 0.508. The average molecular weight is 224 g/mol. The SMILES string of the molecule is CCOC(=O)[C@H](C)NP(N)(=O)OCC. The van der Waals surface area contributed by atoms with Crippen LogP contribution in [-0.4, -0.2) is 25.2 Å². The molecule has 7 heteroatoms. The molecule has 0 aromatic rings. The van der Waals surface area contributed by atoms with Crippen molar-refractivity contribution in [1.29, 1.82) is 0 Å². The molecule has 0 aliphatic heterocycles. The number of hydrogen-bond acceptors (Lipinski definition) is 4. The van der Waals surface area contributed by atoms with E-state index in [0.29, 0.717) is 0 Å². The maximum Gasteiger partial charge on any atom is 0.338 e. The maximum absolute atomic E-state index is 11.4. The van der Waals surface area contributed by atoms with E-state index in [9.17, 15) is 9.36 Å². The summed E-state index contributed by atoms with van der Waals surface area (Å²) in [6.45, 7) is 5.35. The van der Waals surface area contributed by atoms with Crippen LogP contribution in [0.2, 0.25) is 0 Å². The van der Waals surface area contributed by atoms with Crippen molar-refractivity contribution < 1.29 is 18.6 Å². The number of carbonyl (C=O) groups excluding carboxylic acids is 1. The van der Waals surface area contributed by atoms with E-state index >= 15 is 0 Å². The molecule has 0 saturated carbocycles. The molecule has 2 atom stereocenters. The molecule has 0 heterocycles. The van der Waals surface area contributed by atoms with E-state index in [1.165, 1.54) is 6.92 Å². The molecule has 0 spiro atoms. The van der Waals surface area contributed by atoms with E-state index in [1.807, 2.05) is 0 Å². The standard InChI is InChI=1S/C7H17N2O4P/c1-4-12-7(10)6(3)9-14(8,11)13-5-2/h6H,4-5H2,1-3H3,(H3,8,9,11)/t6-,14?/m0/s1. The Hall–Kier alpha value is -0.420. The Morgan fingerprint density at radius 2 is 2.07 bits per heavy atom. The predicted molar refractivity (Wildman–Crippen MR) is 52.7 cm³/mol. The highest BCUT2D eigenvalue weighted by molar-refractivity contribution is 7.54. The van der Waals surface area contributed by atoms with E-state index in [1.54, 1.807) is 13.8 Å². The summed E-state index contributed by atoms with van der Waals surface area (Å²) < 4.78 is 20.8. The third kappa shape index (κ3) is 5.34. The Bertz CT molecular complexity index is 234. The van der Waals surface area contributed by atoms with E-state index in [-0.39, 0.29) is 13.2 Å². The summed E-state index contributed by atoms with van der Waals surface area (Å²) in [7, 11) is -3.38. The fourth-order valence-corrected chi connectivity index (χ4v) is 1.92. The second kappa shape index (κ2) is 6.14. The van der Waals surface area contributed by atoms with Crippen LogP contribution in [0.1, 0.15) is 20.8 Å². The Balaban J connectivity index is 4.10. The molecule has 14 heavy (non-hydrogen) atoms. The van der Waals surface area contributed by atoms with E-state index in [0.717, 1.165) is 0 Å². The molecule has 0 aliphatic carbocycles. The van der Waals surface area contributed by atoms with Crippen molar-refractivity contribution >= 4 is 13.6 Å². The van der Waals surface area contributed by atoms with Crippen molar-refractivity contribution in [2.45, 2.75) is 26.8 Å². The van der Waals surface area contributed by atoms with Crippen molar-refractivity contribution in [3.05, 3.63) is 0 Å². The van der Waals surface area contributed by atoms with Gasteiger partial charge in [-0.3, -0.25) is 9.36 Å². The highest BCUT2D eigenvalue weighted by atomic mass is 31.2. The zero-order chi connectivity index (χ0) is 11.2. The lowest BCUT2D eigenvalue weighted by molar-refractivity contribution is -0.144.